The third-order valence-corrected chi connectivity index (χ3v) is 4.24. The molecular formula is C18H22N2. The lowest BCUT2D eigenvalue weighted by Crippen LogP contribution is -2.26. The first-order valence-corrected chi connectivity index (χ1v) is 7.43. The molecule has 0 saturated carbocycles. The highest BCUT2D eigenvalue weighted by molar-refractivity contribution is 5.70. The van der Waals surface area contributed by atoms with Crippen LogP contribution < -0.4 is 10.2 Å². The van der Waals surface area contributed by atoms with Crippen molar-refractivity contribution in [3.8, 4) is 0 Å². The van der Waals surface area contributed by atoms with Gasteiger partial charge in [0.1, 0.15) is 0 Å². The van der Waals surface area contributed by atoms with E-state index in [1.165, 1.54) is 35.3 Å². The van der Waals surface area contributed by atoms with Crippen LogP contribution in [0.5, 0.6) is 0 Å². The van der Waals surface area contributed by atoms with Crippen LogP contribution in [0.3, 0.4) is 0 Å². The number of rotatable bonds is 3. The summed E-state index contributed by atoms with van der Waals surface area (Å²) in [6.45, 7) is 3.32. The van der Waals surface area contributed by atoms with Crippen molar-refractivity contribution in [1.29, 1.82) is 0 Å². The molecule has 3 rings (SSSR count). The number of anilines is 2. The number of hydrogen-bond acceptors (Lipinski definition) is 2. The Labute approximate surface area is 121 Å². The molecule has 0 aliphatic carbocycles. The minimum atomic E-state index is 0.361. The Bertz CT molecular complexity index is 591. The molecule has 0 bridgehead atoms. The summed E-state index contributed by atoms with van der Waals surface area (Å²) in [5, 5.41) is 3.36. The molecule has 1 N–H and O–H groups in total. The Morgan fingerprint density at radius 2 is 1.70 bits per heavy atom. The Balaban J connectivity index is 2.07. The molecule has 104 valence electrons. The van der Waals surface area contributed by atoms with Gasteiger partial charge < -0.3 is 10.2 Å². The van der Waals surface area contributed by atoms with Crippen molar-refractivity contribution in [2.24, 2.45) is 0 Å². The maximum absolute atomic E-state index is 3.36. The smallest absolute Gasteiger partial charge is 0.0459 e. The topological polar surface area (TPSA) is 15.3 Å². The predicted octanol–water partition coefficient (Wildman–Crippen LogP) is 4.05. The van der Waals surface area contributed by atoms with Crippen LogP contribution in [-0.2, 0) is 6.42 Å². The minimum Gasteiger partial charge on any atom is -0.341 e. The Hall–Kier alpha value is -1.80. The Kier molecular flexibility index (Phi) is 3.75. The number of para-hydroxylation sites is 2. The number of fused-ring (bicyclic) bond motifs is 1. The second-order valence-corrected chi connectivity index (χ2v) is 5.45. The molecule has 0 saturated heterocycles. The first-order valence-electron chi connectivity index (χ1n) is 7.43. The van der Waals surface area contributed by atoms with Crippen LogP contribution in [0.25, 0.3) is 0 Å². The van der Waals surface area contributed by atoms with E-state index >= 15 is 0 Å². The highest BCUT2D eigenvalue weighted by Gasteiger charge is 2.20. The molecule has 1 aliphatic heterocycles. The first-order chi connectivity index (χ1) is 9.81. The number of nitrogens with one attached hydrogen (secondary N) is 1. The zero-order valence-corrected chi connectivity index (χ0v) is 12.3. The maximum Gasteiger partial charge on any atom is 0.0459 e. The first kappa shape index (κ1) is 13.2. The van der Waals surface area contributed by atoms with Crippen molar-refractivity contribution in [2.75, 3.05) is 18.5 Å². The van der Waals surface area contributed by atoms with Gasteiger partial charge in [0.15, 0.2) is 0 Å². The van der Waals surface area contributed by atoms with Crippen molar-refractivity contribution < 1.29 is 0 Å². The molecule has 0 fully saturated rings. The van der Waals surface area contributed by atoms with Gasteiger partial charge in [-0.05, 0) is 50.1 Å². The third-order valence-electron chi connectivity index (χ3n) is 4.24. The molecule has 0 spiro atoms. The molecule has 20 heavy (non-hydrogen) atoms. The van der Waals surface area contributed by atoms with Gasteiger partial charge in [-0.1, -0.05) is 36.4 Å². The average molecular weight is 266 g/mol. The summed E-state index contributed by atoms with van der Waals surface area (Å²) in [5.41, 5.74) is 5.54. The van der Waals surface area contributed by atoms with E-state index in [1.807, 2.05) is 7.05 Å². The van der Waals surface area contributed by atoms with Gasteiger partial charge >= 0.3 is 0 Å². The quantitative estimate of drug-likeness (QED) is 0.901. The van der Waals surface area contributed by atoms with Crippen LogP contribution in [-0.4, -0.2) is 13.6 Å². The van der Waals surface area contributed by atoms with Crippen LogP contribution in [0.2, 0.25) is 0 Å². The minimum absolute atomic E-state index is 0.361. The van der Waals surface area contributed by atoms with Gasteiger partial charge in [-0.3, -0.25) is 0 Å². The van der Waals surface area contributed by atoms with E-state index in [1.54, 1.807) is 0 Å². The van der Waals surface area contributed by atoms with Gasteiger partial charge in [-0.2, -0.15) is 0 Å². The van der Waals surface area contributed by atoms with Crippen LogP contribution in [0, 0.1) is 0 Å². The average Bonchev–Trinajstić information content (AvgIpc) is 2.53. The summed E-state index contributed by atoms with van der Waals surface area (Å²) in [5.74, 6) is 0. The molecule has 1 aliphatic rings. The SMILES string of the molecule is CNC(C)c1ccccc1N1CCCc2ccccc21. The molecule has 2 aromatic carbocycles. The highest BCUT2D eigenvalue weighted by atomic mass is 15.1. The summed E-state index contributed by atoms with van der Waals surface area (Å²) in [4.78, 5) is 2.47. The lowest BCUT2D eigenvalue weighted by atomic mass is 9.98. The van der Waals surface area contributed by atoms with Gasteiger partial charge in [-0.15, -0.1) is 0 Å². The number of benzene rings is 2. The Morgan fingerprint density at radius 3 is 2.50 bits per heavy atom. The molecule has 1 heterocycles. The van der Waals surface area contributed by atoms with Crippen molar-refractivity contribution >= 4 is 11.4 Å². The van der Waals surface area contributed by atoms with E-state index in [0.717, 1.165) is 6.54 Å². The molecule has 0 aromatic heterocycles. The standard InChI is InChI=1S/C18H22N2/c1-14(19-2)16-10-4-6-12-18(16)20-13-7-9-15-8-3-5-11-17(15)20/h3-6,8,10-12,14,19H,7,9,13H2,1-2H3. The molecule has 0 amide bonds. The van der Waals surface area contributed by atoms with E-state index in [-0.39, 0.29) is 0 Å². The molecule has 2 aromatic rings. The number of aryl methyl sites for hydroxylation is 1. The maximum atomic E-state index is 3.36. The largest absolute Gasteiger partial charge is 0.341 e. The van der Waals surface area contributed by atoms with E-state index in [0.29, 0.717) is 6.04 Å². The van der Waals surface area contributed by atoms with Gasteiger partial charge in [-0.25, -0.2) is 0 Å². The van der Waals surface area contributed by atoms with Crippen molar-refractivity contribution in [3.63, 3.8) is 0 Å². The fourth-order valence-corrected chi connectivity index (χ4v) is 3.04. The molecule has 2 nitrogen and oxygen atoms in total. The van der Waals surface area contributed by atoms with Crippen LogP contribution in [0.4, 0.5) is 11.4 Å². The molecular weight excluding hydrogens is 244 g/mol. The van der Waals surface area contributed by atoms with Gasteiger partial charge in [0.25, 0.3) is 0 Å². The lowest BCUT2D eigenvalue weighted by molar-refractivity contribution is 0.648. The van der Waals surface area contributed by atoms with E-state index < -0.39 is 0 Å². The van der Waals surface area contributed by atoms with Crippen LogP contribution in [0.1, 0.15) is 30.5 Å². The van der Waals surface area contributed by atoms with E-state index in [9.17, 15) is 0 Å². The molecule has 2 heteroatoms. The second-order valence-electron chi connectivity index (χ2n) is 5.45. The fourth-order valence-electron chi connectivity index (χ4n) is 3.04. The van der Waals surface area contributed by atoms with Gasteiger partial charge in [0.05, 0.1) is 0 Å². The predicted molar refractivity (Wildman–Crippen MR) is 85.7 cm³/mol. The van der Waals surface area contributed by atoms with Gasteiger partial charge in [0.2, 0.25) is 0 Å². The van der Waals surface area contributed by atoms with Crippen LogP contribution >= 0.6 is 0 Å². The lowest BCUT2D eigenvalue weighted by Gasteiger charge is -2.33. The normalized spacial score (nSPS) is 15.8. The van der Waals surface area contributed by atoms with Crippen molar-refractivity contribution in [1.82, 2.24) is 5.32 Å². The second kappa shape index (κ2) is 5.68. The van der Waals surface area contributed by atoms with Gasteiger partial charge in [0, 0.05) is 24.0 Å². The fraction of sp³-hybridized carbons (Fsp3) is 0.333. The Morgan fingerprint density at radius 1 is 1.00 bits per heavy atom. The zero-order chi connectivity index (χ0) is 13.9. The highest BCUT2D eigenvalue weighted by Crippen LogP contribution is 2.36. The number of hydrogen-bond donors (Lipinski definition) is 1. The monoisotopic (exact) mass is 266 g/mol. The third kappa shape index (κ3) is 2.32. The molecule has 1 unspecified atom stereocenters. The summed E-state index contributed by atoms with van der Waals surface area (Å²) < 4.78 is 0. The summed E-state index contributed by atoms with van der Waals surface area (Å²) >= 11 is 0. The van der Waals surface area contributed by atoms with E-state index in [4.69, 9.17) is 0 Å². The molecule has 1 atom stereocenters. The van der Waals surface area contributed by atoms with Crippen LogP contribution in [0.15, 0.2) is 48.5 Å². The summed E-state index contributed by atoms with van der Waals surface area (Å²) in [7, 11) is 2.02. The number of nitrogens with zero attached hydrogens (tertiary/aromatic N) is 1. The summed E-state index contributed by atoms with van der Waals surface area (Å²) in [6.07, 6.45) is 2.41. The van der Waals surface area contributed by atoms with Crippen molar-refractivity contribution in [2.45, 2.75) is 25.8 Å². The van der Waals surface area contributed by atoms with Crippen molar-refractivity contribution in [3.05, 3.63) is 59.7 Å². The zero-order valence-electron chi connectivity index (χ0n) is 12.3. The molecule has 0 radical (unpaired) electrons. The van der Waals surface area contributed by atoms with E-state index in [2.05, 4.69) is 65.7 Å². The summed E-state index contributed by atoms with van der Waals surface area (Å²) in [6, 6.07) is 17.9.